The van der Waals surface area contributed by atoms with Gasteiger partial charge in [-0.2, -0.15) is 0 Å². The molecule has 6 aliphatic rings. The van der Waals surface area contributed by atoms with E-state index in [9.17, 15) is 10.2 Å². The standard InChI is InChI=1S/C27H43NO2/c1-16-4-7-23-17(2)25-24(28(23)14-16)13-22-20-6-5-18-12-19(30)8-10-26(18,3)21(20)9-11-27(22,25)15-29/h5,16-17,19-25,29-30H,4,6-15H2,1-3H3/t16-,17+,19+,20+,21+,22+,23+,24-,25+,26-,27-/m0/s1. The van der Waals surface area contributed by atoms with Gasteiger partial charge in [0.25, 0.3) is 0 Å². The fraction of sp³-hybridized carbons (Fsp3) is 0.926. The van der Waals surface area contributed by atoms with Crippen LogP contribution in [0.4, 0.5) is 0 Å². The van der Waals surface area contributed by atoms with Crippen LogP contribution in [0.5, 0.6) is 0 Å². The molecule has 3 saturated carbocycles. The lowest BCUT2D eigenvalue weighted by molar-refractivity contribution is -0.0890. The maximum Gasteiger partial charge on any atom is 0.0577 e. The van der Waals surface area contributed by atoms with Crippen molar-refractivity contribution >= 4 is 0 Å². The Kier molecular flexibility index (Phi) is 4.60. The first-order chi connectivity index (χ1) is 14.4. The Morgan fingerprint density at radius 2 is 1.90 bits per heavy atom. The van der Waals surface area contributed by atoms with Gasteiger partial charge < -0.3 is 10.2 Å². The maximum atomic E-state index is 11.0. The van der Waals surface area contributed by atoms with Gasteiger partial charge in [-0.05, 0) is 98.7 Å². The summed E-state index contributed by atoms with van der Waals surface area (Å²) >= 11 is 0. The van der Waals surface area contributed by atoms with Crippen molar-refractivity contribution in [2.24, 2.45) is 46.3 Å². The average molecular weight is 414 g/mol. The molecule has 2 N–H and O–H groups in total. The summed E-state index contributed by atoms with van der Waals surface area (Å²) in [6.45, 7) is 9.20. The molecule has 30 heavy (non-hydrogen) atoms. The molecule has 0 aromatic carbocycles. The average Bonchev–Trinajstić information content (AvgIpc) is 3.22. The third-order valence-corrected chi connectivity index (χ3v) is 11.7. The number of hydrogen-bond acceptors (Lipinski definition) is 3. The lowest BCUT2D eigenvalue weighted by Gasteiger charge is -2.58. The van der Waals surface area contributed by atoms with Gasteiger partial charge in [0, 0.05) is 30.7 Å². The van der Waals surface area contributed by atoms with Crippen LogP contribution in [0.1, 0.15) is 78.6 Å². The van der Waals surface area contributed by atoms with Gasteiger partial charge in [-0.3, -0.25) is 4.90 Å². The van der Waals surface area contributed by atoms with Crippen LogP contribution < -0.4 is 0 Å². The van der Waals surface area contributed by atoms with E-state index >= 15 is 0 Å². The summed E-state index contributed by atoms with van der Waals surface area (Å²) in [6, 6.07) is 1.49. The normalized spacial score (nSPS) is 57.6. The number of rotatable bonds is 1. The predicted octanol–water partition coefficient (Wildman–Crippen LogP) is 4.63. The highest BCUT2D eigenvalue weighted by molar-refractivity contribution is 5.27. The quantitative estimate of drug-likeness (QED) is 0.616. The molecule has 168 valence electrons. The Morgan fingerprint density at radius 1 is 1.07 bits per heavy atom. The molecule has 0 aromatic heterocycles. The lowest BCUT2D eigenvalue weighted by atomic mass is 9.46. The molecule has 3 heteroatoms. The Morgan fingerprint density at radius 3 is 2.70 bits per heavy atom. The first-order valence-corrected chi connectivity index (χ1v) is 13.1. The molecular formula is C27H43NO2. The molecular weight excluding hydrogens is 370 g/mol. The second kappa shape index (κ2) is 6.81. The van der Waals surface area contributed by atoms with Gasteiger partial charge in [-0.15, -0.1) is 0 Å². The molecule has 5 fully saturated rings. The van der Waals surface area contributed by atoms with Crippen LogP contribution in [0.2, 0.25) is 0 Å². The van der Waals surface area contributed by atoms with E-state index in [4.69, 9.17) is 0 Å². The van der Waals surface area contributed by atoms with Crippen LogP contribution in [-0.4, -0.2) is 46.5 Å². The molecule has 0 bridgehead atoms. The van der Waals surface area contributed by atoms with Crippen molar-refractivity contribution in [3.8, 4) is 0 Å². The predicted molar refractivity (Wildman–Crippen MR) is 120 cm³/mol. The van der Waals surface area contributed by atoms with E-state index in [2.05, 4.69) is 31.7 Å². The van der Waals surface area contributed by atoms with Crippen LogP contribution in [0.3, 0.4) is 0 Å². The second-order valence-electron chi connectivity index (χ2n) is 12.7. The minimum Gasteiger partial charge on any atom is -0.396 e. The number of nitrogens with zero attached hydrogens (tertiary/aromatic N) is 1. The maximum absolute atomic E-state index is 11.0. The van der Waals surface area contributed by atoms with Crippen molar-refractivity contribution < 1.29 is 10.2 Å². The largest absolute Gasteiger partial charge is 0.396 e. The number of piperidine rings is 1. The van der Waals surface area contributed by atoms with E-state index in [-0.39, 0.29) is 11.5 Å². The van der Waals surface area contributed by atoms with E-state index in [1.165, 1.54) is 45.1 Å². The molecule has 2 heterocycles. The van der Waals surface area contributed by atoms with Crippen LogP contribution in [-0.2, 0) is 0 Å². The fourth-order valence-electron chi connectivity index (χ4n) is 10.4. The van der Waals surface area contributed by atoms with Gasteiger partial charge in [0.15, 0.2) is 0 Å². The van der Waals surface area contributed by atoms with Crippen LogP contribution in [0.25, 0.3) is 0 Å². The van der Waals surface area contributed by atoms with Crippen molar-refractivity contribution in [1.82, 2.24) is 4.90 Å². The molecule has 0 aromatic rings. The summed E-state index contributed by atoms with van der Waals surface area (Å²) in [4.78, 5) is 2.93. The molecule has 6 rings (SSSR count). The highest BCUT2D eigenvalue weighted by Gasteiger charge is 2.67. The lowest BCUT2D eigenvalue weighted by Crippen LogP contribution is -2.53. The van der Waals surface area contributed by atoms with Crippen LogP contribution >= 0.6 is 0 Å². The molecule has 2 saturated heterocycles. The van der Waals surface area contributed by atoms with Gasteiger partial charge in [0.05, 0.1) is 6.10 Å². The zero-order valence-corrected chi connectivity index (χ0v) is 19.4. The third kappa shape index (κ3) is 2.49. The Hall–Kier alpha value is -0.380. The van der Waals surface area contributed by atoms with Gasteiger partial charge in [-0.1, -0.05) is 32.4 Å². The molecule has 4 aliphatic carbocycles. The van der Waals surface area contributed by atoms with Crippen molar-refractivity contribution in [2.75, 3.05) is 13.2 Å². The summed E-state index contributed by atoms with van der Waals surface area (Å²) < 4.78 is 0. The Bertz CT molecular complexity index is 734. The summed E-state index contributed by atoms with van der Waals surface area (Å²) in [7, 11) is 0. The van der Waals surface area contributed by atoms with Crippen molar-refractivity contribution in [1.29, 1.82) is 0 Å². The number of fused-ring (bicyclic) bond motifs is 9. The van der Waals surface area contributed by atoms with E-state index < -0.39 is 0 Å². The minimum atomic E-state index is -0.120. The summed E-state index contributed by atoms with van der Waals surface area (Å²) in [5, 5.41) is 21.2. The zero-order chi connectivity index (χ0) is 20.8. The van der Waals surface area contributed by atoms with E-state index in [0.717, 1.165) is 55.0 Å². The molecule has 0 unspecified atom stereocenters. The molecule has 0 amide bonds. The molecule has 11 atom stereocenters. The summed E-state index contributed by atoms with van der Waals surface area (Å²) in [5.41, 5.74) is 2.03. The minimum absolute atomic E-state index is 0.120. The topological polar surface area (TPSA) is 43.7 Å². The molecule has 2 aliphatic heterocycles. The Balaban J connectivity index is 1.35. The smallest absolute Gasteiger partial charge is 0.0577 e. The number of aliphatic hydroxyl groups is 2. The van der Waals surface area contributed by atoms with E-state index in [1.54, 1.807) is 5.57 Å². The van der Waals surface area contributed by atoms with Crippen molar-refractivity contribution in [3.63, 3.8) is 0 Å². The SMILES string of the molecule is C[C@H]1CC[C@@H]2[C@@H](C)[C@@H]3[C@H](C[C@@H]4[C@@H]5CC=C6C[C@H](O)CC[C@]6(C)[C@@H]5CC[C@@]34CO)N2C1. The fourth-order valence-corrected chi connectivity index (χ4v) is 10.4. The van der Waals surface area contributed by atoms with Gasteiger partial charge >= 0.3 is 0 Å². The van der Waals surface area contributed by atoms with Crippen molar-refractivity contribution in [3.05, 3.63) is 11.6 Å². The van der Waals surface area contributed by atoms with Crippen LogP contribution in [0.15, 0.2) is 11.6 Å². The highest BCUT2D eigenvalue weighted by atomic mass is 16.3. The molecule has 0 radical (unpaired) electrons. The summed E-state index contributed by atoms with van der Waals surface area (Å²) in [6.07, 6.45) is 13.3. The molecule has 0 spiro atoms. The van der Waals surface area contributed by atoms with E-state index in [1.807, 2.05) is 0 Å². The number of allylic oxidation sites excluding steroid dienone is 1. The van der Waals surface area contributed by atoms with Gasteiger partial charge in [-0.25, -0.2) is 0 Å². The molecule has 3 nitrogen and oxygen atoms in total. The first-order valence-electron chi connectivity index (χ1n) is 13.1. The summed E-state index contributed by atoms with van der Waals surface area (Å²) in [5.74, 6) is 4.48. The zero-order valence-electron chi connectivity index (χ0n) is 19.4. The van der Waals surface area contributed by atoms with Crippen molar-refractivity contribution in [2.45, 2.75) is 96.7 Å². The third-order valence-electron chi connectivity index (χ3n) is 11.7. The first kappa shape index (κ1) is 20.2. The van der Waals surface area contributed by atoms with E-state index in [0.29, 0.717) is 23.9 Å². The second-order valence-corrected chi connectivity index (χ2v) is 12.7. The highest BCUT2D eigenvalue weighted by Crippen LogP contribution is 2.69. The van der Waals surface area contributed by atoms with Gasteiger partial charge in [0.2, 0.25) is 0 Å². The Labute approximate surface area is 183 Å². The number of hydrogen-bond donors (Lipinski definition) is 2. The van der Waals surface area contributed by atoms with Crippen LogP contribution in [0, 0.1) is 46.3 Å². The van der Waals surface area contributed by atoms with Gasteiger partial charge in [0.1, 0.15) is 0 Å². The number of aliphatic hydroxyl groups excluding tert-OH is 2. The monoisotopic (exact) mass is 413 g/mol.